The van der Waals surface area contributed by atoms with Crippen LogP contribution in [0.25, 0.3) is 0 Å². The molecule has 0 saturated carbocycles. The average molecular weight is 419 g/mol. The Balaban J connectivity index is 2.20. The van der Waals surface area contributed by atoms with E-state index >= 15 is 0 Å². The number of thiophene rings is 1. The van der Waals surface area contributed by atoms with E-state index in [4.69, 9.17) is 9.47 Å². The number of nitrogens with one attached hydrogen (secondary N) is 1. The third kappa shape index (κ3) is 5.57. The summed E-state index contributed by atoms with van der Waals surface area (Å²) < 4.78 is 10.7. The van der Waals surface area contributed by atoms with Gasteiger partial charge in [0.05, 0.1) is 17.0 Å². The maximum Gasteiger partial charge on any atom is 0.341 e. The summed E-state index contributed by atoms with van der Waals surface area (Å²) in [6.45, 7) is 5.37. The zero-order valence-electron chi connectivity index (χ0n) is 17.3. The highest BCUT2D eigenvalue weighted by atomic mass is 32.1. The molecule has 1 N–H and O–H groups in total. The van der Waals surface area contributed by atoms with Crippen molar-refractivity contribution in [2.24, 2.45) is 0 Å². The molecule has 0 aliphatic carbocycles. The lowest BCUT2D eigenvalue weighted by Gasteiger charge is -2.09. The maximum absolute atomic E-state index is 12.4. The average Bonchev–Trinajstić information content (AvgIpc) is 3.01. The molecule has 156 valence electrons. The normalized spacial score (nSPS) is 10.4. The largest absolute Gasteiger partial charge is 0.484 e. The van der Waals surface area contributed by atoms with Crippen molar-refractivity contribution in [3.05, 3.63) is 45.8 Å². The van der Waals surface area contributed by atoms with Crippen molar-refractivity contribution in [2.45, 2.75) is 27.2 Å². The highest BCUT2D eigenvalue weighted by Gasteiger charge is 2.27. The summed E-state index contributed by atoms with van der Waals surface area (Å²) in [4.78, 5) is 39.0. The van der Waals surface area contributed by atoms with E-state index in [0.29, 0.717) is 16.2 Å². The molecular formula is C21H26N2O5S. The minimum Gasteiger partial charge on any atom is -0.484 e. The standard InChI is InChI=1S/C21H26N2O5S/c1-6-14-9-8-10-15(11-14)28-12-16(24)22-19-17(21(26)27-7-2)13(3)18(29-19)20(25)23(4)5/h8-11H,6-7,12H2,1-5H3,(H,22,24). The molecular weight excluding hydrogens is 392 g/mol. The van der Waals surface area contributed by atoms with E-state index in [0.717, 1.165) is 23.3 Å². The van der Waals surface area contributed by atoms with Crippen LogP contribution in [0.5, 0.6) is 5.75 Å². The van der Waals surface area contributed by atoms with Crippen LogP contribution in [0, 0.1) is 6.92 Å². The Morgan fingerprint density at radius 2 is 1.90 bits per heavy atom. The highest BCUT2D eigenvalue weighted by Crippen LogP contribution is 2.34. The molecule has 1 aromatic heterocycles. The minimum absolute atomic E-state index is 0.190. The van der Waals surface area contributed by atoms with Crippen molar-refractivity contribution in [1.29, 1.82) is 0 Å². The van der Waals surface area contributed by atoms with Gasteiger partial charge < -0.3 is 19.7 Å². The van der Waals surface area contributed by atoms with Crippen molar-refractivity contribution in [3.8, 4) is 5.75 Å². The highest BCUT2D eigenvalue weighted by molar-refractivity contribution is 7.18. The molecule has 1 aromatic carbocycles. The monoisotopic (exact) mass is 418 g/mol. The molecule has 7 nitrogen and oxygen atoms in total. The van der Waals surface area contributed by atoms with Gasteiger partial charge in [-0.05, 0) is 43.5 Å². The number of benzene rings is 1. The van der Waals surface area contributed by atoms with Crippen molar-refractivity contribution in [1.82, 2.24) is 4.90 Å². The van der Waals surface area contributed by atoms with E-state index in [9.17, 15) is 14.4 Å². The van der Waals surface area contributed by atoms with Crippen LogP contribution in [0.2, 0.25) is 0 Å². The number of hydrogen-bond donors (Lipinski definition) is 1. The zero-order valence-corrected chi connectivity index (χ0v) is 18.1. The van der Waals surface area contributed by atoms with Crippen LogP contribution in [-0.2, 0) is 16.0 Å². The molecule has 0 aliphatic heterocycles. The molecule has 0 bridgehead atoms. The summed E-state index contributed by atoms with van der Waals surface area (Å²) in [5.74, 6) is -0.657. The van der Waals surface area contributed by atoms with Gasteiger partial charge >= 0.3 is 5.97 Å². The number of rotatable bonds is 8. The molecule has 0 spiro atoms. The van der Waals surface area contributed by atoms with E-state index in [1.165, 1.54) is 4.90 Å². The van der Waals surface area contributed by atoms with E-state index < -0.39 is 11.9 Å². The molecule has 0 radical (unpaired) electrons. The fraction of sp³-hybridized carbons (Fsp3) is 0.381. The van der Waals surface area contributed by atoms with Crippen molar-refractivity contribution >= 4 is 34.1 Å². The number of carbonyl (C=O) groups is 3. The second-order valence-corrected chi connectivity index (χ2v) is 7.54. The van der Waals surface area contributed by atoms with Gasteiger partial charge in [-0.2, -0.15) is 0 Å². The third-order valence-corrected chi connectivity index (χ3v) is 5.35. The SMILES string of the molecule is CCOC(=O)c1c(NC(=O)COc2cccc(CC)c2)sc(C(=O)N(C)C)c1C. The number of aryl methyl sites for hydroxylation is 1. The number of hydrogen-bond acceptors (Lipinski definition) is 6. The summed E-state index contributed by atoms with van der Waals surface area (Å²) in [7, 11) is 3.25. The Labute approximate surface area is 174 Å². The van der Waals surface area contributed by atoms with Gasteiger partial charge in [0.25, 0.3) is 11.8 Å². The van der Waals surface area contributed by atoms with E-state index in [1.807, 2.05) is 25.1 Å². The Kier molecular flexibility index (Phi) is 7.78. The molecule has 8 heteroatoms. The van der Waals surface area contributed by atoms with Gasteiger partial charge in [-0.15, -0.1) is 11.3 Å². The van der Waals surface area contributed by atoms with E-state index in [1.54, 1.807) is 34.0 Å². The van der Waals surface area contributed by atoms with Gasteiger partial charge in [0.1, 0.15) is 10.8 Å². The number of carbonyl (C=O) groups excluding carboxylic acids is 3. The van der Waals surface area contributed by atoms with Crippen LogP contribution in [0.1, 0.15) is 45.0 Å². The molecule has 2 amide bonds. The van der Waals surface area contributed by atoms with Gasteiger partial charge in [0.2, 0.25) is 0 Å². The van der Waals surface area contributed by atoms with E-state index in [-0.39, 0.29) is 29.7 Å². The lowest BCUT2D eigenvalue weighted by Crippen LogP contribution is -2.21. The number of anilines is 1. The summed E-state index contributed by atoms with van der Waals surface area (Å²) >= 11 is 1.05. The molecule has 29 heavy (non-hydrogen) atoms. The lowest BCUT2D eigenvalue weighted by atomic mass is 10.1. The maximum atomic E-state index is 12.4. The van der Waals surface area contributed by atoms with Gasteiger partial charge in [-0.25, -0.2) is 4.79 Å². The first-order valence-electron chi connectivity index (χ1n) is 9.32. The van der Waals surface area contributed by atoms with E-state index in [2.05, 4.69) is 5.32 Å². The fourth-order valence-electron chi connectivity index (χ4n) is 2.62. The van der Waals surface area contributed by atoms with Gasteiger partial charge in [0, 0.05) is 14.1 Å². The van der Waals surface area contributed by atoms with Crippen molar-refractivity contribution < 1.29 is 23.9 Å². The predicted octanol–water partition coefficient (Wildman–Crippen LogP) is 3.51. The smallest absolute Gasteiger partial charge is 0.341 e. The van der Waals surface area contributed by atoms with Crippen LogP contribution in [0.4, 0.5) is 5.00 Å². The zero-order chi connectivity index (χ0) is 21.6. The minimum atomic E-state index is -0.578. The first-order chi connectivity index (χ1) is 13.8. The second kappa shape index (κ2) is 10.1. The summed E-state index contributed by atoms with van der Waals surface area (Å²) in [5.41, 5.74) is 1.79. The van der Waals surface area contributed by atoms with Crippen molar-refractivity contribution in [2.75, 3.05) is 32.6 Å². The first-order valence-corrected chi connectivity index (χ1v) is 10.1. The summed E-state index contributed by atoms with van der Waals surface area (Å²) in [6, 6.07) is 7.50. The molecule has 2 aromatic rings. The Bertz CT molecular complexity index is 904. The molecule has 0 atom stereocenters. The second-order valence-electron chi connectivity index (χ2n) is 6.52. The quantitative estimate of drug-likeness (QED) is 0.663. The van der Waals surface area contributed by atoms with Gasteiger partial charge in [-0.1, -0.05) is 19.1 Å². The van der Waals surface area contributed by atoms with Crippen molar-refractivity contribution in [3.63, 3.8) is 0 Å². The number of esters is 1. The number of amides is 2. The van der Waals surface area contributed by atoms with Crippen LogP contribution in [-0.4, -0.2) is 50.0 Å². The van der Waals surface area contributed by atoms with Crippen LogP contribution >= 0.6 is 11.3 Å². The van der Waals surface area contributed by atoms with Crippen LogP contribution in [0.15, 0.2) is 24.3 Å². The number of nitrogens with zero attached hydrogens (tertiary/aromatic N) is 1. The topological polar surface area (TPSA) is 84.9 Å². The summed E-state index contributed by atoms with van der Waals surface area (Å²) in [6.07, 6.45) is 0.865. The Hall–Kier alpha value is -2.87. The Morgan fingerprint density at radius 1 is 1.17 bits per heavy atom. The molecule has 0 saturated heterocycles. The third-order valence-electron chi connectivity index (χ3n) is 4.16. The predicted molar refractivity (Wildman–Crippen MR) is 113 cm³/mol. The first kappa shape index (κ1) is 22.4. The van der Waals surface area contributed by atoms with Crippen LogP contribution < -0.4 is 10.1 Å². The fourth-order valence-corrected chi connectivity index (χ4v) is 3.86. The molecule has 2 rings (SSSR count). The molecule has 1 heterocycles. The molecule has 0 fully saturated rings. The molecule has 0 unspecified atom stereocenters. The lowest BCUT2D eigenvalue weighted by molar-refractivity contribution is -0.118. The van der Waals surface area contributed by atoms with Gasteiger partial charge in [0.15, 0.2) is 6.61 Å². The van der Waals surface area contributed by atoms with Crippen LogP contribution in [0.3, 0.4) is 0 Å². The molecule has 0 aliphatic rings. The number of ether oxygens (including phenoxy) is 2. The summed E-state index contributed by atoms with van der Waals surface area (Å²) in [5, 5.41) is 2.97. The van der Waals surface area contributed by atoms with Gasteiger partial charge in [-0.3, -0.25) is 9.59 Å². The Morgan fingerprint density at radius 3 is 2.52 bits per heavy atom.